The van der Waals surface area contributed by atoms with Gasteiger partial charge in [-0.3, -0.25) is 14.8 Å². The van der Waals surface area contributed by atoms with Crippen LogP contribution in [0.25, 0.3) is 0 Å². The molecule has 1 atom stereocenters. The van der Waals surface area contributed by atoms with Crippen LogP contribution in [-0.2, 0) is 11.2 Å². The summed E-state index contributed by atoms with van der Waals surface area (Å²) in [6.45, 7) is 6.83. The van der Waals surface area contributed by atoms with E-state index in [4.69, 9.17) is 0 Å². The highest BCUT2D eigenvalue weighted by atomic mass is 16.2. The van der Waals surface area contributed by atoms with Crippen molar-refractivity contribution in [1.82, 2.24) is 20.4 Å². The van der Waals surface area contributed by atoms with Gasteiger partial charge >= 0.3 is 0 Å². The van der Waals surface area contributed by atoms with E-state index in [9.17, 15) is 4.79 Å². The van der Waals surface area contributed by atoms with Gasteiger partial charge < -0.3 is 5.32 Å². The Morgan fingerprint density at radius 2 is 2.04 bits per heavy atom. The number of likely N-dealkylation sites (N-methyl/N-ethyl adjacent to an activating group) is 1. The fourth-order valence-electron chi connectivity index (χ4n) is 3.56. The third-order valence-corrected chi connectivity index (χ3v) is 5.32. The van der Waals surface area contributed by atoms with Crippen molar-refractivity contribution in [3.63, 3.8) is 0 Å². The van der Waals surface area contributed by atoms with E-state index < -0.39 is 0 Å². The van der Waals surface area contributed by atoms with Gasteiger partial charge in [-0.15, -0.1) is 0 Å². The van der Waals surface area contributed by atoms with Gasteiger partial charge in [0.25, 0.3) is 0 Å². The molecule has 0 aliphatic heterocycles. The molecule has 1 aromatic rings. The maximum atomic E-state index is 12.4. The summed E-state index contributed by atoms with van der Waals surface area (Å²) in [6.07, 6.45) is 8.31. The van der Waals surface area contributed by atoms with E-state index in [2.05, 4.69) is 34.4 Å². The minimum absolute atomic E-state index is 0.0458. The Labute approximate surface area is 140 Å². The largest absolute Gasteiger partial charge is 0.355 e. The normalized spacial score (nSPS) is 17.4. The molecule has 1 heterocycles. The molecule has 1 aromatic heterocycles. The fourth-order valence-corrected chi connectivity index (χ4v) is 3.56. The molecule has 5 nitrogen and oxygen atoms in total. The lowest BCUT2D eigenvalue weighted by Gasteiger charge is -2.34. The third-order valence-electron chi connectivity index (χ3n) is 5.32. The van der Waals surface area contributed by atoms with E-state index in [-0.39, 0.29) is 11.9 Å². The van der Waals surface area contributed by atoms with Gasteiger partial charge in [0.15, 0.2) is 0 Å². The number of aromatic nitrogens is 2. The van der Waals surface area contributed by atoms with E-state index in [1.165, 1.54) is 37.7 Å². The molecule has 1 aliphatic carbocycles. The molecule has 1 fully saturated rings. The van der Waals surface area contributed by atoms with Gasteiger partial charge in [-0.25, -0.2) is 0 Å². The van der Waals surface area contributed by atoms with Gasteiger partial charge in [0.2, 0.25) is 5.91 Å². The third kappa shape index (κ3) is 4.80. The lowest BCUT2D eigenvalue weighted by Crippen LogP contribution is -2.48. The van der Waals surface area contributed by atoms with Crippen LogP contribution < -0.4 is 5.32 Å². The van der Waals surface area contributed by atoms with E-state index in [1.807, 2.05) is 13.8 Å². The molecule has 23 heavy (non-hydrogen) atoms. The number of carbonyl (C=O) groups is 1. The summed E-state index contributed by atoms with van der Waals surface area (Å²) in [7, 11) is 2.10. The number of nitrogens with zero attached hydrogens (tertiary/aromatic N) is 2. The van der Waals surface area contributed by atoms with Crippen LogP contribution in [0.1, 0.15) is 62.4 Å². The van der Waals surface area contributed by atoms with Crippen LogP contribution in [0, 0.1) is 13.8 Å². The Hall–Kier alpha value is -1.36. The van der Waals surface area contributed by atoms with Crippen LogP contribution >= 0.6 is 0 Å². The number of aromatic amines is 1. The Kier molecular flexibility index (Phi) is 6.63. The van der Waals surface area contributed by atoms with Crippen molar-refractivity contribution in [1.29, 1.82) is 0 Å². The molecule has 2 N–H and O–H groups in total. The molecule has 0 saturated heterocycles. The number of H-pyrrole nitrogens is 1. The first kappa shape index (κ1) is 18.0. The standard InChI is InChI=1S/C18H32N4O/c1-13-17(14(2)21-20-13)11-8-12-19-18(23)15(3)22(4)16-9-6-5-7-10-16/h15-16H,5-12H2,1-4H3,(H,19,23)(H,20,21)/t15-/m1/s1. The maximum absolute atomic E-state index is 12.4. The minimum Gasteiger partial charge on any atom is -0.355 e. The first-order chi connectivity index (χ1) is 11.0. The van der Waals surface area contributed by atoms with Crippen LogP contribution in [0.5, 0.6) is 0 Å². The summed E-state index contributed by atoms with van der Waals surface area (Å²) < 4.78 is 0. The molecule has 2 rings (SSSR count). The van der Waals surface area contributed by atoms with Crippen molar-refractivity contribution in [3.05, 3.63) is 17.0 Å². The van der Waals surface area contributed by atoms with Gasteiger partial charge in [-0.05, 0) is 59.1 Å². The number of rotatable bonds is 7. The van der Waals surface area contributed by atoms with E-state index in [1.54, 1.807) is 0 Å². The Balaban J connectivity index is 1.71. The number of carbonyl (C=O) groups excluding carboxylic acids is 1. The molecule has 0 radical (unpaired) electrons. The highest BCUT2D eigenvalue weighted by Crippen LogP contribution is 2.22. The molecular formula is C18H32N4O. The van der Waals surface area contributed by atoms with Crippen LogP contribution in [0.4, 0.5) is 0 Å². The molecule has 1 saturated carbocycles. The number of hydrogen-bond acceptors (Lipinski definition) is 3. The zero-order valence-electron chi connectivity index (χ0n) is 15.1. The average Bonchev–Trinajstić information content (AvgIpc) is 2.89. The van der Waals surface area contributed by atoms with Gasteiger partial charge in [0, 0.05) is 18.3 Å². The molecule has 5 heteroatoms. The second-order valence-corrected chi connectivity index (χ2v) is 6.94. The van der Waals surface area contributed by atoms with Gasteiger partial charge in [0.05, 0.1) is 11.7 Å². The Morgan fingerprint density at radius 1 is 1.35 bits per heavy atom. The van der Waals surface area contributed by atoms with Crippen molar-refractivity contribution in [3.8, 4) is 0 Å². The molecular weight excluding hydrogens is 288 g/mol. The second kappa shape index (κ2) is 8.48. The number of nitrogens with one attached hydrogen (secondary N) is 2. The van der Waals surface area contributed by atoms with Gasteiger partial charge in [-0.2, -0.15) is 5.10 Å². The van der Waals surface area contributed by atoms with Crippen molar-refractivity contribution in [2.75, 3.05) is 13.6 Å². The van der Waals surface area contributed by atoms with Gasteiger partial charge in [0.1, 0.15) is 0 Å². The molecule has 0 bridgehead atoms. The van der Waals surface area contributed by atoms with Crippen LogP contribution in [-0.4, -0.2) is 46.7 Å². The fraction of sp³-hybridized carbons (Fsp3) is 0.778. The Morgan fingerprint density at radius 3 is 2.65 bits per heavy atom. The van der Waals surface area contributed by atoms with Crippen LogP contribution in [0.2, 0.25) is 0 Å². The highest BCUT2D eigenvalue weighted by molar-refractivity contribution is 5.81. The SMILES string of the molecule is Cc1n[nH]c(C)c1CCCNC(=O)[C@@H](C)N(C)C1CCCCC1. The van der Waals surface area contributed by atoms with Crippen LogP contribution in [0.3, 0.4) is 0 Å². The summed E-state index contributed by atoms with van der Waals surface area (Å²) in [5, 5.41) is 10.3. The molecule has 0 unspecified atom stereocenters. The summed E-state index contributed by atoms with van der Waals surface area (Å²) in [5.41, 5.74) is 3.49. The number of aryl methyl sites for hydroxylation is 2. The van der Waals surface area contributed by atoms with Crippen molar-refractivity contribution >= 4 is 5.91 Å². The smallest absolute Gasteiger partial charge is 0.237 e. The molecule has 130 valence electrons. The van der Waals surface area contributed by atoms with E-state index in [0.29, 0.717) is 6.04 Å². The summed E-state index contributed by atoms with van der Waals surface area (Å²) in [6, 6.07) is 0.524. The predicted molar refractivity (Wildman–Crippen MR) is 93.5 cm³/mol. The maximum Gasteiger partial charge on any atom is 0.237 e. The average molecular weight is 320 g/mol. The lowest BCUT2D eigenvalue weighted by molar-refractivity contribution is -0.126. The van der Waals surface area contributed by atoms with Crippen LogP contribution in [0.15, 0.2) is 0 Å². The zero-order chi connectivity index (χ0) is 16.8. The van der Waals surface area contributed by atoms with Crippen molar-refractivity contribution < 1.29 is 4.79 Å². The topological polar surface area (TPSA) is 61.0 Å². The molecule has 1 aliphatic rings. The monoisotopic (exact) mass is 320 g/mol. The molecule has 1 amide bonds. The second-order valence-electron chi connectivity index (χ2n) is 6.94. The zero-order valence-corrected chi connectivity index (χ0v) is 15.1. The lowest BCUT2D eigenvalue weighted by atomic mass is 9.93. The first-order valence-electron chi connectivity index (χ1n) is 9.00. The highest BCUT2D eigenvalue weighted by Gasteiger charge is 2.25. The van der Waals surface area contributed by atoms with E-state index >= 15 is 0 Å². The minimum atomic E-state index is -0.0458. The number of hydrogen-bond donors (Lipinski definition) is 2. The van der Waals surface area contributed by atoms with E-state index in [0.717, 1.165) is 30.8 Å². The van der Waals surface area contributed by atoms with Crippen molar-refractivity contribution in [2.45, 2.75) is 77.8 Å². The predicted octanol–water partition coefficient (Wildman–Crippen LogP) is 2.73. The van der Waals surface area contributed by atoms with Crippen molar-refractivity contribution in [2.24, 2.45) is 0 Å². The number of amides is 1. The quantitative estimate of drug-likeness (QED) is 0.759. The molecule has 0 spiro atoms. The summed E-state index contributed by atoms with van der Waals surface area (Å²) >= 11 is 0. The Bertz CT molecular complexity index is 486. The summed E-state index contributed by atoms with van der Waals surface area (Å²) in [5.74, 6) is 0.152. The van der Waals surface area contributed by atoms with Gasteiger partial charge in [-0.1, -0.05) is 19.3 Å². The molecule has 0 aromatic carbocycles. The summed E-state index contributed by atoms with van der Waals surface area (Å²) in [4.78, 5) is 14.6. The first-order valence-corrected chi connectivity index (χ1v) is 9.00.